The average Bonchev–Trinajstić information content (AvgIpc) is 3.07. The van der Waals surface area contributed by atoms with Crippen molar-refractivity contribution >= 4 is 17.4 Å². The highest BCUT2D eigenvalue weighted by Gasteiger charge is 2.13. The van der Waals surface area contributed by atoms with E-state index in [0.717, 1.165) is 16.9 Å². The smallest absolute Gasteiger partial charge is 0.315 e. The van der Waals surface area contributed by atoms with Gasteiger partial charge in [-0.05, 0) is 29.9 Å². The number of carbonyl (C=O) groups is 1. The Morgan fingerprint density at radius 3 is 2.64 bits per heavy atom. The summed E-state index contributed by atoms with van der Waals surface area (Å²) in [6, 6.07) is 13.3. The highest BCUT2D eigenvalue weighted by molar-refractivity contribution is 7.10. The van der Waals surface area contributed by atoms with Gasteiger partial charge >= 0.3 is 6.03 Å². The molecule has 1 aromatic heterocycles. The van der Waals surface area contributed by atoms with Crippen molar-refractivity contribution in [2.24, 2.45) is 0 Å². The molecule has 0 aliphatic rings. The summed E-state index contributed by atoms with van der Waals surface area (Å²) in [5.74, 6) is 0. The maximum atomic E-state index is 11.9. The summed E-state index contributed by atoms with van der Waals surface area (Å²) in [6.07, 6.45) is 0.786. The van der Waals surface area contributed by atoms with E-state index in [2.05, 4.69) is 10.6 Å². The average molecular weight is 318 g/mol. The highest BCUT2D eigenvalue weighted by Crippen LogP contribution is 2.21. The molecule has 2 amide bonds. The van der Waals surface area contributed by atoms with Crippen LogP contribution in [-0.4, -0.2) is 17.7 Å². The van der Waals surface area contributed by atoms with Crippen LogP contribution in [0.15, 0.2) is 47.8 Å². The first-order valence-electron chi connectivity index (χ1n) is 7.51. The summed E-state index contributed by atoms with van der Waals surface area (Å²) < 4.78 is 0. The van der Waals surface area contributed by atoms with E-state index in [4.69, 9.17) is 0 Å². The Morgan fingerprint density at radius 2 is 2.00 bits per heavy atom. The molecular formula is C17H22N2O2S. The van der Waals surface area contributed by atoms with Crippen molar-refractivity contribution in [3.63, 3.8) is 0 Å². The molecule has 0 fully saturated rings. The van der Waals surface area contributed by atoms with Crippen LogP contribution >= 0.6 is 11.3 Å². The fourth-order valence-corrected chi connectivity index (χ4v) is 3.10. The predicted molar refractivity (Wildman–Crippen MR) is 89.9 cm³/mol. The second kappa shape index (κ2) is 8.56. The topological polar surface area (TPSA) is 61.4 Å². The molecule has 22 heavy (non-hydrogen) atoms. The molecule has 5 heteroatoms. The number of urea groups is 1. The van der Waals surface area contributed by atoms with Crippen LogP contribution in [-0.2, 0) is 0 Å². The Balaban J connectivity index is 1.73. The third-order valence-electron chi connectivity index (χ3n) is 3.49. The van der Waals surface area contributed by atoms with E-state index in [1.54, 1.807) is 11.3 Å². The monoisotopic (exact) mass is 318 g/mol. The number of aliphatic hydroxyl groups excluding tert-OH is 1. The van der Waals surface area contributed by atoms with Crippen molar-refractivity contribution in [3.05, 3.63) is 58.3 Å². The molecule has 4 nitrogen and oxygen atoms in total. The number of hydrogen-bond acceptors (Lipinski definition) is 3. The first-order chi connectivity index (χ1) is 10.7. The van der Waals surface area contributed by atoms with Crippen LogP contribution in [0.5, 0.6) is 0 Å². The van der Waals surface area contributed by atoms with Crippen molar-refractivity contribution in [2.75, 3.05) is 6.54 Å². The first-order valence-corrected chi connectivity index (χ1v) is 8.39. The van der Waals surface area contributed by atoms with Gasteiger partial charge in [-0.3, -0.25) is 0 Å². The van der Waals surface area contributed by atoms with Crippen LogP contribution in [0.25, 0.3) is 0 Å². The fraction of sp³-hybridized carbons (Fsp3) is 0.353. The molecule has 0 saturated heterocycles. The van der Waals surface area contributed by atoms with Gasteiger partial charge in [0.25, 0.3) is 0 Å². The molecule has 2 atom stereocenters. The van der Waals surface area contributed by atoms with Gasteiger partial charge in [0.2, 0.25) is 0 Å². The Labute approximate surface area is 135 Å². The molecule has 0 aliphatic carbocycles. The van der Waals surface area contributed by atoms with Gasteiger partial charge < -0.3 is 15.7 Å². The maximum absolute atomic E-state index is 11.9. The fourth-order valence-electron chi connectivity index (χ4n) is 2.24. The Bertz CT molecular complexity index is 557. The lowest BCUT2D eigenvalue weighted by Gasteiger charge is -2.17. The zero-order valence-electron chi connectivity index (χ0n) is 12.7. The number of carbonyl (C=O) groups excluding carboxylic acids is 1. The summed E-state index contributed by atoms with van der Waals surface area (Å²) in [5.41, 5.74) is 0.870. The molecule has 118 valence electrons. The van der Waals surface area contributed by atoms with E-state index in [-0.39, 0.29) is 12.1 Å². The summed E-state index contributed by atoms with van der Waals surface area (Å²) >= 11 is 1.64. The number of nitrogens with one attached hydrogen (secondary N) is 2. The zero-order valence-corrected chi connectivity index (χ0v) is 13.5. The summed E-state index contributed by atoms with van der Waals surface area (Å²) in [4.78, 5) is 13.1. The SMILES string of the molecule is CCC(NC(=O)NCCC(O)c1ccccc1)c1cccs1. The van der Waals surface area contributed by atoms with Gasteiger partial charge in [0.1, 0.15) is 0 Å². The normalized spacial score (nSPS) is 13.4. The Kier molecular flexibility index (Phi) is 6.43. The molecule has 0 radical (unpaired) electrons. The van der Waals surface area contributed by atoms with Gasteiger partial charge in [-0.1, -0.05) is 43.3 Å². The Hall–Kier alpha value is -1.85. The van der Waals surface area contributed by atoms with Crippen LogP contribution in [0.2, 0.25) is 0 Å². The number of hydrogen-bond donors (Lipinski definition) is 3. The molecule has 2 aromatic rings. The molecule has 0 aliphatic heterocycles. The van der Waals surface area contributed by atoms with Crippen LogP contribution in [0, 0.1) is 0 Å². The van der Waals surface area contributed by atoms with Crippen molar-refractivity contribution in [1.29, 1.82) is 0 Å². The quantitative estimate of drug-likeness (QED) is 0.730. The lowest BCUT2D eigenvalue weighted by molar-refractivity contribution is 0.166. The molecule has 0 saturated carbocycles. The molecular weight excluding hydrogens is 296 g/mol. The summed E-state index contributed by atoms with van der Waals surface area (Å²) in [7, 11) is 0. The van der Waals surface area contributed by atoms with Crippen molar-refractivity contribution < 1.29 is 9.90 Å². The molecule has 0 spiro atoms. The van der Waals surface area contributed by atoms with Gasteiger partial charge in [-0.15, -0.1) is 11.3 Å². The number of amides is 2. The van der Waals surface area contributed by atoms with E-state index in [1.807, 2.05) is 54.8 Å². The second-order valence-electron chi connectivity index (χ2n) is 5.09. The van der Waals surface area contributed by atoms with E-state index >= 15 is 0 Å². The van der Waals surface area contributed by atoms with Crippen LogP contribution in [0.3, 0.4) is 0 Å². The third-order valence-corrected chi connectivity index (χ3v) is 4.47. The largest absolute Gasteiger partial charge is 0.388 e. The molecule has 2 unspecified atom stereocenters. The molecule has 1 aromatic carbocycles. The number of aliphatic hydroxyl groups is 1. The van der Waals surface area contributed by atoms with Crippen LogP contribution < -0.4 is 10.6 Å². The van der Waals surface area contributed by atoms with E-state index in [0.29, 0.717) is 13.0 Å². The lowest BCUT2D eigenvalue weighted by Crippen LogP contribution is -2.38. The van der Waals surface area contributed by atoms with Crippen LogP contribution in [0.1, 0.15) is 42.4 Å². The van der Waals surface area contributed by atoms with E-state index in [9.17, 15) is 9.90 Å². The van der Waals surface area contributed by atoms with Crippen molar-refractivity contribution in [3.8, 4) is 0 Å². The number of benzene rings is 1. The third kappa shape index (κ3) is 4.86. The Morgan fingerprint density at radius 1 is 1.23 bits per heavy atom. The van der Waals surface area contributed by atoms with Gasteiger partial charge in [-0.25, -0.2) is 4.79 Å². The molecule has 1 heterocycles. The highest BCUT2D eigenvalue weighted by atomic mass is 32.1. The lowest BCUT2D eigenvalue weighted by atomic mass is 10.1. The minimum atomic E-state index is -0.555. The summed E-state index contributed by atoms with van der Waals surface area (Å²) in [5, 5.41) is 17.8. The van der Waals surface area contributed by atoms with Gasteiger partial charge in [0.05, 0.1) is 12.1 Å². The standard InChI is InChI=1S/C17H22N2O2S/c1-2-14(16-9-6-12-22-16)19-17(21)18-11-10-15(20)13-7-4-3-5-8-13/h3-9,12,14-15,20H,2,10-11H2,1H3,(H2,18,19,21). The molecule has 3 N–H and O–H groups in total. The van der Waals surface area contributed by atoms with E-state index in [1.165, 1.54) is 0 Å². The van der Waals surface area contributed by atoms with Gasteiger partial charge in [0.15, 0.2) is 0 Å². The van der Waals surface area contributed by atoms with Gasteiger partial charge in [0, 0.05) is 11.4 Å². The number of thiophene rings is 1. The maximum Gasteiger partial charge on any atom is 0.315 e. The molecule has 0 bridgehead atoms. The zero-order chi connectivity index (χ0) is 15.8. The number of rotatable bonds is 7. The van der Waals surface area contributed by atoms with Crippen molar-refractivity contribution in [1.82, 2.24) is 10.6 Å². The molecule has 2 rings (SSSR count). The first kappa shape index (κ1) is 16.5. The van der Waals surface area contributed by atoms with Crippen molar-refractivity contribution in [2.45, 2.75) is 31.9 Å². The van der Waals surface area contributed by atoms with Crippen LogP contribution in [0.4, 0.5) is 4.79 Å². The minimum Gasteiger partial charge on any atom is -0.388 e. The van der Waals surface area contributed by atoms with Gasteiger partial charge in [-0.2, -0.15) is 0 Å². The predicted octanol–water partition coefficient (Wildman–Crippen LogP) is 3.62. The summed E-state index contributed by atoms with van der Waals surface area (Å²) in [6.45, 7) is 2.48. The minimum absolute atomic E-state index is 0.0408. The van der Waals surface area contributed by atoms with E-state index < -0.39 is 6.10 Å². The second-order valence-corrected chi connectivity index (χ2v) is 6.07.